The molecule has 1 aromatic rings. The van der Waals surface area contributed by atoms with Crippen LogP contribution in [-0.4, -0.2) is 17.6 Å². The standard InChI is InChI=1S/C13H19N5/c1-8-5-6-9(2)10(7-8)18-12(15)16-11(14)17-13(18,3)4/h5-7H,1-4H3,(H4,14,15,16,17). The highest BCUT2D eigenvalue weighted by molar-refractivity contribution is 6.05. The highest BCUT2D eigenvalue weighted by Crippen LogP contribution is 2.30. The van der Waals surface area contributed by atoms with Crippen LogP contribution in [0, 0.1) is 13.8 Å². The maximum absolute atomic E-state index is 6.01. The summed E-state index contributed by atoms with van der Waals surface area (Å²) in [6, 6.07) is 6.22. The largest absolute Gasteiger partial charge is 0.369 e. The Morgan fingerprint density at radius 2 is 1.83 bits per heavy atom. The maximum atomic E-state index is 6.01. The first-order valence-electron chi connectivity index (χ1n) is 5.88. The molecule has 96 valence electrons. The molecule has 0 spiro atoms. The van der Waals surface area contributed by atoms with Gasteiger partial charge in [0.1, 0.15) is 5.66 Å². The van der Waals surface area contributed by atoms with E-state index < -0.39 is 5.66 Å². The minimum atomic E-state index is -0.533. The molecular formula is C13H19N5. The van der Waals surface area contributed by atoms with Crippen molar-refractivity contribution in [1.29, 1.82) is 0 Å². The van der Waals surface area contributed by atoms with Gasteiger partial charge in [-0.05, 0) is 44.9 Å². The predicted molar refractivity (Wildman–Crippen MR) is 75.7 cm³/mol. The van der Waals surface area contributed by atoms with Crippen LogP contribution >= 0.6 is 0 Å². The van der Waals surface area contributed by atoms with Gasteiger partial charge >= 0.3 is 0 Å². The van der Waals surface area contributed by atoms with Gasteiger partial charge in [0.05, 0.1) is 0 Å². The molecule has 5 nitrogen and oxygen atoms in total. The summed E-state index contributed by atoms with van der Waals surface area (Å²) >= 11 is 0. The summed E-state index contributed by atoms with van der Waals surface area (Å²) in [5, 5.41) is 0. The van der Waals surface area contributed by atoms with Gasteiger partial charge in [-0.2, -0.15) is 4.99 Å². The van der Waals surface area contributed by atoms with E-state index in [1.807, 2.05) is 32.6 Å². The van der Waals surface area contributed by atoms with Crippen molar-refractivity contribution >= 4 is 17.6 Å². The lowest BCUT2D eigenvalue weighted by molar-refractivity contribution is 0.533. The Hall–Kier alpha value is -2.04. The molecule has 4 N–H and O–H groups in total. The molecule has 0 saturated heterocycles. The molecule has 0 atom stereocenters. The zero-order valence-electron chi connectivity index (χ0n) is 11.2. The molecule has 5 heteroatoms. The van der Waals surface area contributed by atoms with Crippen molar-refractivity contribution in [3.05, 3.63) is 29.3 Å². The Balaban J connectivity index is 2.57. The van der Waals surface area contributed by atoms with Gasteiger partial charge in [-0.25, -0.2) is 4.99 Å². The lowest BCUT2D eigenvalue weighted by Crippen LogP contribution is -2.54. The monoisotopic (exact) mass is 245 g/mol. The van der Waals surface area contributed by atoms with Crippen molar-refractivity contribution in [3.8, 4) is 0 Å². The van der Waals surface area contributed by atoms with Crippen molar-refractivity contribution < 1.29 is 0 Å². The van der Waals surface area contributed by atoms with E-state index in [4.69, 9.17) is 11.5 Å². The van der Waals surface area contributed by atoms with Crippen molar-refractivity contribution in [2.75, 3.05) is 4.90 Å². The third kappa shape index (κ3) is 2.03. The Labute approximate surface area is 107 Å². The third-order valence-electron chi connectivity index (χ3n) is 3.00. The second-order valence-corrected chi connectivity index (χ2v) is 5.06. The zero-order valence-corrected chi connectivity index (χ0v) is 11.2. The Morgan fingerprint density at radius 1 is 1.17 bits per heavy atom. The van der Waals surface area contributed by atoms with Crippen LogP contribution in [0.3, 0.4) is 0 Å². The van der Waals surface area contributed by atoms with E-state index in [0.717, 1.165) is 11.3 Å². The molecule has 0 fully saturated rings. The number of hydrogen-bond donors (Lipinski definition) is 2. The van der Waals surface area contributed by atoms with Crippen LogP contribution in [0.4, 0.5) is 5.69 Å². The van der Waals surface area contributed by atoms with Crippen molar-refractivity contribution in [1.82, 2.24) is 0 Å². The topological polar surface area (TPSA) is 80.0 Å². The van der Waals surface area contributed by atoms with E-state index in [1.165, 1.54) is 5.56 Å². The fraction of sp³-hybridized carbons (Fsp3) is 0.385. The maximum Gasteiger partial charge on any atom is 0.220 e. The van der Waals surface area contributed by atoms with Crippen LogP contribution in [0.2, 0.25) is 0 Å². The molecule has 0 unspecified atom stereocenters. The number of anilines is 1. The zero-order chi connectivity index (χ0) is 13.5. The first-order valence-corrected chi connectivity index (χ1v) is 5.88. The quantitative estimate of drug-likeness (QED) is 0.786. The van der Waals surface area contributed by atoms with Gasteiger partial charge in [0, 0.05) is 5.69 Å². The number of rotatable bonds is 1. The van der Waals surface area contributed by atoms with Crippen LogP contribution in [-0.2, 0) is 0 Å². The highest BCUT2D eigenvalue weighted by atomic mass is 15.4. The van der Waals surface area contributed by atoms with E-state index in [1.54, 1.807) is 0 Å². The molecule has 0 amide bonds. The van der Waals surface area contributed by atoms with E-state index in [2.05, 4.69) is 28.2 Å². The molecule has 0 aromatic heterocycles. The van der Waals surface area contributed by atoms with Crippen LogP contribution in [0.25, 0.3) is 0 Å². The molecule has 2 rings (SSSR count). The minimum absolute atomic E-state index is 0.221. The summed E-state index contributed by atoms with van der Waals surface area (Å²) < 4.78 is 0. The lowest BCUT2D eigenvalue weighted by Gasteiger charge is -2.39. The minimum Gasteiger partial charge on any atom is -0.369 e. The number of guanidine groups is 2. The first kappa shape index (κ1) is 12.4. The molecule has 18 heavy (non-hydrogen) atoms. The van der Waals surface area contributed by atoms with Gasteiger partial charge in [-0.1, -0.05) is 12.1 Å². The average molecular weight is 245 g/mol. The average Bonchev–Trinajstić information content (AvgIpc) is 2.20. The summed E-state index contributed by atoms with van der Waals surface area (Å²) in [6.07, 6.45) is 0. The van der Waals surface area contributed by atoms with E-state index in [0.29, 0.717) is 5.96 Å². The van der Waals surface area contributed by atoms with Crippen molar-refractivity contribution in [2.45, 2.75) is 33.4 Å². The molecule has 1 aromatic carbocycles. The van der Waals surface area contributed by atoms with Crippen LogP contribution in [0.1, 0.15) is 25.0 Å². The normalized spacial score (nSPS) is 18.3. The molecule has 1 heterocycles. The SMILES string of the molecule is Cc1ccc(C)c(N2C(N)=NC(N)=NC2(C)C)c1. The number of aryl methyl sites for hydroxylation is 2. The molecular weight excluding hydrogens is 226 g/mol. The Kier molecular flexibility index (Phi) is 2.77. The first-order chi connectivity index (χ1) is 8.31. The van der Waals surface area contributed by atoms with Crippen molar-refractivity contribution in [2.24, 2.45) is 21.5 Å². The Bertz CT molecular complexity index is 542. The van der Waals surface area contributed by atoms with Gasteiger partial charge in [-0.15, -0.1) is 0 Å². The van der Waals surface area contributed by atoms with Crippen molar-refractivity contribution in [3.63, 3.8) is 0 Å². The third-order valence-corrected chi connectivity index (χ3v) is 3.00. The molecule has 0 radical (unpaired) electrons. The van der Waals surface area contributed by atoms with Gasteiger partial charge < -0.3 is 11.5 Å². The molecule has 0 bridgehead atoms. The van der Waals surface area contributed by atoms with E-state index >= 15 is 0 Å². The number of hydrogen-bond acceptors (Lipinski definition) is 5. The number of nitrogens with two attached hydrogens (primary N) is 2. The summed E-state index contributed by atoms with van der Waals surface area (Å²) in [6.45, 7) is 8.01. The summed E-state index contributed by atoms with van der Waals surface area (Å²) in [7, 11) is 0. The van der Waals surface area contributed by atoms with Crippen LogP contribution in [0.15, 0.2) is 28.2 Å². The Morgan fingerprint density at radius 3 is 2.44 bits per heavy atom. The highest BCUT2D eigenvalue weighted by Gasteiger charge is 2.33. The second-order valence-electron chi connectivity index (χ2n) is 5.06. The summed E-state index contributed by atoms with van der Waals surface area (Å²) in [4.78, 5) is 10.3. The van der Waals surface area contributed by atoms with Gasteiger partial charge in [0.25, 0.3) is 0 Å². The van der Waals surface area contributed by atoms with Gasteiger partial charge in [0.2, 0.25) is 11.9 Å². The fourth-order valence-corrected chi connectivity index (χ4v) is 2.18. The molecule has 0 aliphatic carbocycles. The summed E-state index contributed by atoms with van der Waals surface area (Å²) in [5.74, 6) is 0.597. The number of nitrogens with zero attached hydrogens (tertiary/aromatic N) is 3. The lowest BCUT2D eigenvalue weighted by atomic mass is 10.1. The molecule has 1 aliphatic rings. The van der Waals surface area contributed by atoms with E-state index in [9.17, 15) is 0 Å². The summed E-state index contributed by atoms with van der Waals surface area (Å²) in [5.41, 5.74) is 14.4. The van der Waals surface area contributed by atoms with E-state index in [-0.39, 0.29) is 5.96 Å². The van der Waals surface area contributed by atoms with Crippen LogP contribution in [0.5, 0.6) is 0 Å². The van der Waals surface area contributed by atoms with Gasteiger partial charge in [-0.3, -0.25) is 4.90 Å². The molecule has 1 aliphatic heterocycles. The number of aliphatic imine (C=N–C) groups is 2. The number of benzene rings is 1. The smallest absolute Gasteiger partial charge is 0.220 e. The molecule has 0 saturated carbocycles. The fourth-order valence-electron chi connectivity index (χ4n) is 2.18. The second kappa shape index (κ2) is 4.01. The van der Waals surface area contributed by atoms with Gasteiger partial charge in [0.15, 0.2) is 0 Å². The van der Waals surface area contributed by atoms with Crippen LogP contribution < -0.4 is 16.4 Å². The predicted octanol–water partition coefficient (Wildman–Crippen LogP) is 1.49.